The lowest BCUT2D eigenvalue weighted by atomic mass is 10.1. The summed E-state index contributed by atoms with van der Waals surface area (Å²) in [4.78, 5) is 8.49. The number of nitrogens with zero attached hydrogens (tertiary/aromatic N) is 2. The molecule has 0 amide bonds. The largest absolute Gasteiger partial charge is 0.496 e. The molecular formula is C14H14Cl2N2O3. The average molecular weight is 329 g/mol. The molecule has 0 fully saturated rings. The van der Waals surface area contributed by atoms with Crippen LogP contribution in [0.3, 0.4) is 0 Å². The number of aromatic nitrogens is 2. The molecule has 0 aliphatic heterocycles. The van der Waals surface area contributed by atoms with Crippen molar-refractivity contribution in [1.29, 1.82) is 0 Å². The van der Waals surface area contributed by atoms with Gasteiger partial charge >= 0.3 is 0 Å². The van der Waals surface area contributed by atoms with Crippen molar-refractivity contribution in [1.82, 2.24) is 9.97 Å². The Kier molecular flexibility index (Phi) is 4.75. The average Bonchev–Trinajstić information content (AvgIpc) is 2.50. The van der Waals surface area contributed by atoms with Gasteiger partial charge in [-0.25, -0.2) is 9.97 Å². The first-order valence-electron chi connectivity index (χ1n) is 6.01. The lowest BCUT2D eigenvalue weighted by Gasteiger charge is -2.14. The molecule has 0 bridgehead atoms. The van der Waals surface area contributed by atoms with Crippen molar-refractivity contribution >= 4 is 23.2 Å². The summed E-state index contributed by atoms with van der Waals surface area (Å²) in [7, 11) is 4.63. The predicted octanol–water partition coefficient (Wildman–Crippen LogP) is 3.78. The Morgan fingerprint density at radius 2 is 1.33 bits per heavy atom. The highest BCUT2D eigenvalue weighted by molar-refractivity contribution is 6.34. The van der Waals surface area contributed by atoms with Gasteiger partial charge in [0.1, 0.15) is 33.1 Å². The minimum Gasteiger partial charge on any atom is -0.496 e. The minimum absolute atomic E-state index is 0.282. The number of methoxy groups -OCH3 is 3. The molecule has 5 nitrogen and oxygen atoms in total. The summed E-state index contributed by atoms with van der Waals surface area (Å²) in [5, 5.41) is 0.565. The Bertz CT molecular complexity index is 629. The van der Waals surface area contributed by atoms with Gasteiger partial charge in [0, 0.05) is 17.7 Å². The number of halogens is 2. The third-order valence-electron chi connectivity index (χ3n) is 2.97. The van der Waals surface area contributed by atoms with Gasteiger partial charge < -0.3 is 14.2 Å². The fourth-order valence-electron chi connectivity index (χ4n) is 1.80. The van der Waals surface area contributed by atoms with E-state index < -0.39 is 0 Å². The Labute approximate surface area is 132 Å². The molecule has 1 aromatic heterocycles. The highest BCUT2D eigenvalue weighted by Gasteiger charge is 2.19. The van der Waals surface area contributed by atoms with Gasteiger partial charge in [0.2, 0.25) is 0 Å². The van der Waals surface area contributed by atoms with E-state index >= 15 is 0 Å². The highest BCUT2D eigenvalue weighted by Crippen LogP contribution is 2.41. The maximum Gasteiger partial charge on any atom is 0.170 e. The van der Waals surface area contributed by atoms with Gasteiger partial charge in [0.15, 0.2) is 5.82 Å². The molecule has 112 valence electrons. The quantitative estimate of drug-likeness (QED) is 0.799. The van der Waals surface area contributed by atoms with E-state index in [1.54, 1.807) is 26.2 Å². The normalized spacial score (nSPS) is 10.4. The number of benzene rings is 1. The van der Waals surface area contributed by atoms with Gasteiger partial charge in [-0.15, -0.1) is 0 Å². The molecule has 2 rings (SSSR count). The second-order valence-electron chi connectivity index (χ2n) is 4.16. The fraction of sp³-hybridized carbons (Fsp3) is 0.286. The monoisotopic (exact) mass is 328 g/mol. The van der Waals surface area contributed by atoms with Gasteiger partial charge in [0.25, 0.3) is 0 Å². The highest BCUT2D eigenvalue weighted by atomic mass is 35.5. The summed E-state index contributed by atoms with van der Waals surface area (Å²) in [6.07, 6.45) is 0. The zero-order valence-electron chi connectivity index (χ0n) is 12.0. The SMILES string of the molecule is COc1cc(OC)c(-c2nc(Cl)c(C)c(Cl)n2)c(OC)c1. The van der Waals surface area contributed by atoms with E-state index in [1.165, 1.54) is 14.2 Å². The Morgan fingerprint density at radius 1 is 0.857 bits per heavy atom. The molecule has 0 radical (unpaired) electrons. The van der Waals surface area contributed by atoms with Crippen molar-refractivity contribution in [2.24, 2.45) is 0 Å². The van der Waals surface area contributed by atoms with Crippen LogP contribution in [0.5, 0.6) is 17.2 Å². The van der Waals surface area contributed by atoms with Crippen molar-refractivity contribution in [2.75, 3.05) is 21.3 Å². The number of hydrogen-bond acceptors (Lipinski definition) is 5. The molecule has 0 aliphatic carbocycles. The van der Waals surface area contributed by atoms with Crippen molar-refractivity contribution in [2.45, 2.75) is 6.92 Å². The maximum absolute atomic E-state index is 6.08. The molecule has 0 spiro atoms. The summed E-state index contributed by atoms with van der Waals surface area (Å²) in [6.45, 7) is 1.75. The Morgan fingerprint density at radius 3 is 1.71 bits per heavy atom. The third-order valence-corrected chi connectivity index (χ3v) is 3.70. The fourth-order valence-corrected chi connectivity index (χ4v) is 2.19. The van der Waals surface area contributed by atoms with E-state index in [0.717, 1.165) is 0 Å². The van der Waals surface area contributed by atoms with Crippen molar-refractivity contribution in [3.8, 4) is 28.6 Å². The van der Waals surface area contributed by atoms with Crippen LogP contribution in [-0.2, 0) is 0 Å². The first-order valence-corrected chi connectivity index (χ1v) is 6.77. The first kappa shape index (κ1) is 15.7. The topological polar surface area (TPSA) is 53.5 Å². The molecule has 0 N–H and O–H groups in total. The molecule has 21 heavy (non-hydrogen) atoms. The van der Waals surface area contributed by atoms with Crippen LogP contribution in [0.4, 0.5) is 0 Å². The third kappa shape index (κ3) is 2.99. The standard InChI is InChI=1S/C14H14Cl2N2O3/c1-7-12(15)17-14(18-13(7)16)11-9(20-3)5-8(19-2)6-10(11)21-4/h5-6H,1-4H3. The molecule has 0 unspecified atom stereocenters. The first-order chi connectivity index (χ1) is 10.0. The summed E-state index contributed by atoms with van der Waals surface area (Å²) >= 11 is 12.2. The Hall–Kier alpha value is -1.72. The molecule has 1 aromatic carbocycles. The summed E-state index contributed by atoms with van der Waals surface area (Å²) < 4.78 is 15.9. The van der Waals surface area contributed by atoms with Gasteiger partial charge in [-0.3, -0.25) is 0 Å². The molecular weight excluding hydrogens is 315 g/mol. The van der Waals surface area contributed by atoms with E-state index in [2.05, 4.69) is 9.97 Å². The van der Waals surface area contributed by atoms with Gasteiger partial charge in [-0.2, -0.15) is 0 Å². The molecule has 1 heterocycles. The maximum atomic E-state index is 6.08. The number of ether oxygens (including phenoxy) is 3. The Balaban J connectivity index is 2.73. The van der Waals surface area contributed by atoms with E-state index in [1.807, 2.05) is 0 Å². The van der Waals surface area contributed by atoms with Crippen molar-refractivity contribution < 1.29 is 14.2 Å². The molecule has 0 aliphatic rings. The summed E-state index contributed by atoms with van der Waals surface area (Å²) in [5.74, 6) is 1.92. The van der Waals surface area contributed by atoms with E-state index in [9.17, 15) is 0 Å². The van der Waals surface area contributed by atoms with Crippen molar-refractivity contribution in [3.63, 3.8) is 0 Å². The second-order valence-corrected chi connectivity index (χ2v) is 4.88. The van der Waals surface area contributed by atoms with Crippen LogP contribution < -0.4 is 14.2 Å². The number of rotatable bonds is 4. The summed E-state index contributed by atoms with van der Waals surface area (Å²) in [6, 6.07) is 3.42. The van der Waals surface area contributed by atoms with Crippen LogP contribution in [0, 0.1) is 6.92 Å². The van der Waals surface area contributed by atoms with E-state index in [-0.39, 0.29) is 10.3 Å². The minimum atomic E-state index is 0.282. The molecule has 7 heteroatoms. The smallest absolute Gasteiger partial charge is 0.170 e. The molecule has 2 aromatic rings. The van der Waals surface area contributed by atoms with E-state index in [0.29, 0.717) is 34.2 Å². The van der Waals surface area contributed by atoms with Crippen LogP contribution >= 0.6 is 23.2 Å². The predicted molar refractivity (Wildman–Crippen MR) is 81.9 cm³/mol. The lowest BCUT2D eigenvalue weighted by molar-refractivity contribution is 0.377. The van der Waals surface area contributed by atoms with Crippen molar-refractivity contribution in [3.05, 3.63) is 28.0 Å². The van der Waals surface area contributed by atoms with Gasteiger partial charge in [-0.1, -0.05) is 23.2 Å². The molecule has 0 saturated heterocycles. The van der Waals surface area contributed by atoms with Gasteiger partial charge in [-0.05, 0) is 6.92 Å². The van der Waals surface area contributed by atoms with Crippen LogP contribution in [0.25, 0.3) is 11.4 Å². The molecule has 0 atom stereocenters. The second kappa shape index (κ2) is 6.37. The van der Waals surface area contributed by atoms with Gasteiger partial charge in [0.05, 0.1) is 21.3 Å². The van der Waals surface area contributed by atoms with Crippen LogP contribution in [0.15, 0.2) is 12.1 Å². The van der Waals surface area contributed by atoms with Crippen LogP contribution in [0.2, 0.25) is 10.3 Å². The zero-order valence-corrected chi connectivity index (χ0v) is 13.5. The van der Waals surface area contributed by atoms with Crippen LogP contribution in [0.1, 0.15) is 5.56 Å². The molecule has 0 saturated carbocycles. The lowest BCUT2D eigenvalue weighted by Crippen LogP contribution is -2.00. The van der Waals surface area contributed by atoms with Crippen LogP contribution in [-0.4, -0.2) is 31.3 Å². The number of hydrogen-bond donors (Lipinski definition) is 0. The van der Waals surface area contributed by atoms with E-state index in [4.69, 9.17) is 37.4 Å². The summed E-state index contributed by atoms with van der Waals surface area (Å²) in [5.41, 5.74) is 1.18. The zero-order chi connectivity index (χ0) is 15.6.